The number of rotatable bonds is 5. The highest BCUT2D eigenvalue weighted by atomic mass is 32.2. The highest BCUT2D eigenvalue weighted by molar-refractivity contribution is 7.99. The fourth-order valence-electron chi connectivity index (χ4n) is 2.39. The molecule has 2 aromatic carbocycles. The van der Waals surface area contributed by atoms with Crippen LogP contribution in [0, 0.1) is 15.9 Å². The number of aromatic nitrogens is 3. The summed E-state index contributed by atoms with van der Waals surface area (Å²) in [6.07, 6.45) is 0. The van der Waals surface area contributed by atoms with Gasteiger partial charge in [0.05, 0.1) is 4.92 Å². The summed E-state index contributed by atoms with van der Waals surface area (Å²) in [6.45, 7) is 1.95. The van der Waals surface area contributed by atoms with Gasteiger partial charge in [0.25, 0.3) is 5.69 Å². The first-order valence-electron chi connectivity index (χ1n) is 7.52. The molecule has 0 saturated carbocycles. The van der Waals surface area contributed by atoms with E-state index in [9.17, 15) is 14.5 Å². The topological polar surface area (TPSA) is 73.8 Å². The van der Waals surface area contributed by atoms with Crippen LogP contribution in [0.15, 0.2) is 53.7 Å². The molecule has 0 radical (unpaired) electrons. The molecule has 0 fully saturated rings. The number of hydrogen-bond acceptors (Lipinski definition) is 5. The van der Waals surface area contributed by atoms with Crippen molar-refractivity contribution in [1.82, 2.24) is 14.8 Å². The summed E-state index contributed by atoms with van der Waals surface area (Å²) in [7, 11) is 1.83. The highest BCUT2D eigenvalue weighted by Gasteiger charge is 2.17. The van der Waals surface area contributed by atoms with Crippen molar-refractivity contribution in [2.75, 3.05) is 0 Å². The molecular weight excluding hydrogens is 343 g/mol. The molecule has 0 N–H and O–H groups in total. The van der Waals surface area contributed by atoms with Gasteiger partial charge in [-0.05, 0) is 36.8 Å². The zero-order valence-electron chi connectivity index (χ0n) is 13.6. The summed E-state index contributed by atoms with van der Waals surface area (Å²) in [4.78, 5) is 10.5. The summed E-state index contributed by atoms with van der Waals surface area (Å²) < 4.78 is 14.9. The Morgan fingerprint density at radius 3 is 2.60 bits per heavy atom. The van der Waals surface area contributed by atoms with E-state index in [0.29, 0.717) is 11.0 Å². The quantitative estimate of drug-likeness (QED) is 0.384. The van der Waals surface area contributed by atoms with E-state index in [1.165, 1.54) is 30.0 Å². The van der Waals surface area contributed by atoms with Gasteiger partial charge in [0.1, 0.15) is 5.82 Å². The van der Waals surface area contributed by atoms with Crippen LogP contribution in [-0.4, -0.2) is 19.7 Å². The molecule has 0 spiro atoms. The zero-order valence-corrected chi connectivity index (χ0v) is 14.4. The van der Waals surface area contributed by atoms with Crippen LogP contribution in [0.25, 0.3) is 11.4 Å². The lowest BCUT2D eigenvalue weighted by Crippen LogP contribution is -1.97. The van der Waals surface area contributed by atoms with E-state index in [4.69, 9.17) is 0 Å². The molecule has 0 aliphatic heterocycles. The molecule has 0 aliphatic carbocycles. The average molecular weight is 358 g/mol. The van der Waals surface area contributed by atoms with Crippen molar-refractivity contribution in [3.8, 4) is 11.4 Å². The molecule has 1 atom stereocenters. The van der Waals surface area contributed by atoms with Crippen LogP contribution < -0.4 is 0 Å². The Morgan fingerprint density at radius 1 is 1.20 bits per heavy atom. The Labute approximate surface area is 147 Å². The number of halogens is 1. The lowest BCUT2D eigenvalue weighted by Gasteiger charge is -2.11. The number of hydrogen-bond donors (Lipinski definition) is 0. The van der Waals surface area contributed by atoms with E-state index >= 15 is 0 Å². The monoisotopic (exact) mass is 358 g/mol. The minimum Gasteiger partial charge on any atom is -0.305 e. The zero-order chi connectivity index (χ0) is 18.0. The Balaban J connectivity index is 1.83. The summed E-state index contributed by atoms with van der Waals surface area (Å²) in [6, 6.07) is 12.6. The van der Waals surface area contributed by atoms with E-state index in [1.54, 1.807) is 24.3 Å². The number of nitro benzene ring substituents is 1. The Bertz CT molecular complexity index is 911. The third-order valence-corrected chi connectivity index (χ3v) is 4.96. The van der Waals surface area contributed by atoms with Crippen LogP contribution in [0.2, 0.25) is 0 Å². The number of benzene rings is 2. The van der Waals surface area contributed by atoms with Crippen molar-refractivity contribution in [2.45, 2.75) is 17.3 Å². The fourth-order valence-corrected chi connectivity index (χ4v) is 3.32. The number of nitro groups is 1. The number of non-ortho nitro benzene ring substituents is 1. The van der Waals surface area contributed by atoms with Crippen molar-refractivity contribution < 1.29 is 9.31 Å². The molecule has 0 unspecified atom stereocenters. The number of nitrogens with zero attached hydrogens (tertiary/aromatic N) is 4. The second-order valence-electron chi connectivity index (χ2n) is 5.48. The predicted octanol–water partition coefficient (Wildman–Crippen LogP) is 4.38. The molecule has 0 bridgehead atoms. The molecule has 1 aromatic heterocycles. The lowest BCUT2D eigenvalue weighted by molar-refractivity contribution is -0.384. The molecule has 25 heavy (non-hydrogen) atoms. The van der Waals surface area contributed by atoms with Crippen molar-refractivity contribution in [3.63, 3.8) is 0 Å². The van der Waals surface area contributed by atoms with E-state index in [2.05, 4.69) is 10.2 Å². The second kappa shape index (κ2) is 7.02. The third kappa shape index (κ3) is 3.69. The molecule has 6 nitrogen and oxygen atoms in total. The lowest BCUT2D eigenvalue weighted by atomic mass is 10.1. The number of thioether (sulfide) groups is 1. The smallest absolute Gasteiger partial charge is 0.269 e. The van der Waals surface area contributed by atoms with E-state index in [-0.39, 0.29) is 16.8 Å². The maximum absolute atomic E-state index is 13.1. The van der Waals surface area contributed by atoms with Gasteiger partial charge < -0.3 is 4.57 Å². The van der Waals surface area contributed by atoms with Gasteiger partial charge in [-0.3, -0.25) is 10.1 Å². The molecule has 3 aromatic rings. The first kappa shape index (κ1) is 17.1. The van der Waals surface area contributed by atoms with Crippen LogP contribution in [0.1, 0.15) is 17.7 Å². The van der Waals surface area contributed by atoms with Gasteiger partial charge in [-0.15, -0.1) is 10.2 Å². The Morgan fingerprint density at radius 2 is 1.92 bits per heavy atom. The van der Waals surface area contributed by atoms with Crippen LogP contribution in [-0.2, 0) is 7.05 Å². The van der Waals surface area contributed by atoms with Crippen LogP contribution in [0.5, 0.6) is 0 Å². The molecule has 0 saturated heterocycles. The molecule has 3 rings (SSSR count). The van der Waals surface area contributed by atoms with Crippen molar-refractivity contribution >= 4 is 17.4 Å². The van der Waals surface area contributed by atoms with Gasteiger partial charge in [-0.2, -0.15) is 0 Å². The minimum absolute atomic E-state index is 0.0381. The second-order valence-corrected chi connectivity index (χ2v) is 6.79. The minimum atomic E-state index is -0.407. The van der Waals surface area contributed by atoms with E-state index in [0.717, 1.165) is 11.1 Å². The summed E-state index contributed by atoms with van der Waals surface area (Å²) in [5.41, 5.74) is 1.67. The van der Waals surface area contributed by atoms with Gasteiger partial charge in [0.2, 0.25) is 0 Å². The first-order chi connectivity index (χ1) is 12.0. The molecule has 1 heterocycles. The largest absolute Gasteiger partial charge is 0.305 e. The summed E-state index contributed by atoms with van der Waals surface area (Å²) in [5.74, 6) is 0.327. The molecule has 0 aliphatic rings. The normalized spacial score (nSPS) is 12.1. The first-order valence-corrected chi connectivity index (χ1v) is 8.40. The molecular formula is C17H15FN4O2S. The van der Waals surface area contributed by atoms with Crippen molar-refractivity contribution in [1.29, 1.82) is 0 Å². The maximum atomic E-state index is 13.1. The van der Waals surface area contributed by atoms with Gasteiger partial charge in [-0.1, -0.05) is 23.9 Å². The molecule has 128 valence electrons. The van der Waals surface area contributed by atoms with Crippen molar-refractivity contribution in [2.24, 2.45) is 7.05 Å². The standard InChI is InChI=1S/C17H15FN4O2S/c1-11(13-4-3-5-15(10-13)22(23)24)25-17-20-19-16(21(17)2)12-6-8-14(18)9-7-12/h3-11H,1-2H3/t11-/m0/s1. The van der Waals surface area contributed by atoms with E-state index < -0.39 is 4.92 Å². The van der Waals surface area contributed by atoms with Crippen LogP contribution in [0.3, 0.4) is 0 Å². The van der Waals surface area contributed by atoms with Gasteiger partial charge in [0.15, 0.2) is 11.0 Å². The van der Waals surface area contributed by atoms with Crippen molar-refractivity contribution in [3.05, 3.63) is 70.0 Å². The third-order valence-electron chi connectivity index (χ3n) is 3.77. The van der Waals surface area contributed by atoms with Gasteiger partial charge in [-0.25, -0.2) is 4.39 Å². The predicted molar refractivity (Wildman–Crippen MR) is 93.8 cm³/mol. The summed E-state index contributed by atoms with van der Waals surface area (Å²) in [5, 5.41) is 19.9. The fraction of sp³-hybridized carbons (Fsp3) is 0.176. The molecule has 8 heteroatoms. The Kier molecular flexibility index (Phi) is 4.80. The van der Waals surface area contributed by atoms with Crippen LogP contribution >= 0.6 is 11.8 Å². The Hall–Kier alpha value is -2.74. The van der Waals surface area contributed by atoms with Gasteiger partial charge in [0, 0.05) is 30.0 Å². The highest BCUT2D eigenvalue weighted by Crippen LogP contribution is 2.35. The summed E-state index contributed by atoms with van der Waals surface area (Å²) >= 11 is 1.46. The SMILES string of the molecule is C[C@H](Sc1nnc(-c2ccc(F)cc2)n1C)c1cccc([N+](=O)[O-])c1. The van der Waals surface area contributed by atoms with E-state index in [1.807, 2.05) is 24.6 Å². The van der Waals surface area contributed by atoms with Crippen LogP contribution in [0.4, 0.5) is 10.1 Å². The molecule has 0 amide bonds. The van der Waals surface area contributed by atoms with Gasteiger partial charge >= 0.3 is 0 Å². The average Bonchev–Trinajstić information content (AvgIpc) is 2.96. The maximum Gasteiger partial charge on any atom is 0.269 e.